The van der Waals surface area contributed by atoms with Crippen molar-refractivity contribution in [1.29, 1.82) is 0 Å². The number of phenols is 2. The highest BCUT2D eigenvalue weighted by Crippen LogP contribution is 2.37. The first-order valence-corrected chi connectivity index (χ1v) is 5.73. The molecule has 0 spiro atoms. The first-order valence-electron chi connectivity index (χ1n) is 5.73. The number of nitrogens with one attached hydrogen (secondary N) is 1. The third-order valence-corrected chi connectivity index (χ3v) is 2.89. The molecule has 94 valence electrons. The summed E-state index contributed by atoms with van der Waals surface area (Å²) in [5, 5.41) is 29.9. The fourth-order valence-electron chi connectivity index (χ4n) is 2.01. The minimum atomic E-state index is 0.0998. The highest BCUT2D eigenvalue weighted by Gasteiger charge is 2.12. The van der Waals surface area contributed by atoms with Gasteiger partial charge in [-0.25, -0.2) is 0 Å². The van der Waals surface area contributed by atoms with Crippen LogP contribution in [0.15, 0.2) is 48.7 Å². The Morgan fingerprint density at radius 1 is 0.895 bits per heavy atom. The first-order chi connectivity index (χ1) is 9.25. The van der Waals surface area contributed by atoms with Crippen LogP contribution >= 0.6 is 0 Å². The predicted molar refractivity (Wildman–Crippen MR) is 70.6 cm³/mol. The molecule has 0 atom stereocenters. The van der Waals surface area contributed by atoms with Gasteiger partial charge in [-0.15, -0.1) is 0 Å². The van der Waals surface area contributed by atoms with Crippen LogP contribution in [0.25, 0.3) is 22.4 Å². The fourth-order valence-corrected chi connectivity index (χ4v) is 2.01. The van der Waals surface area contributed by atoms with Gasteiger partial charge in [0.2, 0.25) is 0 Å². The highest BCUT2D eigenvalue weighted by atomic mass is 16.3. The van der Waals surface area contributed by atoms with Crippen LogP contribution in [0.3, 0.4) is 0 Å². The molecule has 0 saturated carbocycles. The molecule has 1 aromatic heterocycles. The van der Waals surface area contributed by atoms with Gasteiger partial charge < -0.3 is 10.2 Å². The molecule has 0 aliphatic rings. The van der Waals surface area contributed by atoms with E-state index in [0.717, 1.165) is 11.1 Å². The average Bonchev–Trinajstić information content (AvgIpc) is 2.95. The van der Waals surface area contributed by atoms with Crippen molar-refractivity contribution in [2.75, 3.05) is 0 Å². The van der Waals surface area contributed by atoms with E-state index in [1.54, 1.807) is 6.20 Å². The number of rotatable bonds is 2. The summed E-state index contributed by atoms with van der Waals surface area (Å²) in [6, 6.07) is 11.9. The maximum Gasteiger partial charge on any atom is 0.123 e. The Kier molecular flexibility index (Phi) is 2.64. The molecule has 0 aliphatic heterocycles. The Morgan fingerprint density at radius 2 is 1.68 bits per heavy atom. The number of benzene rings is 2. The number of nitrogens with zero attached hydrogens (tertiary/aromatic N) is 2. The quantitative estimate of drug-likeness (QED) is 0.613. The molecule has 0 unspecified atom stereocenters. The summed E-state index contributed by atoms with van der Waals surface area (Å²) in [4.78, 5) is 0. The third-order valence-electron chi connectivity index (χ3n) is 2.89. The van der Waals surface area contributed by atoms with Crippen molar-refractivity contribution in [3.63, 3.8) is 0 Å². The molecule has 0 fully saturated rings. The lowest BCUT2D eigenvalue weighted by molar-refractivity contribution is 0.462. The largest absolute Gasteiger partial charge is 0.508 e. The zero-order valence-electron chi connectivity index (χ0n) is 9.91. The number of aromatic hydroxyl groups is 2. The standard InChI is InChI=1S/C14H11N3O2/c18-9-5-6-14(19)12(7-9)10-3-1-2-4-11(10)13-8-15-17-16-13/h1-8,18-19H,(H,15,16,17). The van der Waals surface area contributed by atoms with Crippen LogP contribution in [0.4, 0.5) is 0 Å². The Hall–Kier alpha value is -2.82. The molecule has 5 heteroatoms. The van der Waals surface area contributed by atoms with Crippen LogP contribution in [-0.4, -0.2) is 25.6 Å². The normalized spacial score (nSPS) is 10.5. The molecule has 0 saturated heterocycles. The average molecular weight is 253 g/mol. The number of H-pyrrole nitrogens is 1. The second-order valence-electron chi connectivity index (χ2n) is 4.10. The van der Waals surface area contributed by atoms with Gasteiger partial charge >= 0.3 is 0 Å². The van der Waals surface area contributed by atoms with Gasteiger partial charge in [0.1, 0.15) is 17.2 Å². The Bertz CT molecular complexity index is 708. The van der Waals surface area contributed by atoms with Gasteiger partial charge in [-0.3, -0.25) is 0 Å². The predicted octanol–water partition coefficient (Wildman–Crippen LogP) is 2.55. The summed E-state index contributed by atoms with van der Waals surface area (Å²) in [6.45, 7) is 0. The number of phenolic OH excluding ortho intramolecular Hbond substituents is 2. The lowest BCUT2D eigenvalue weighted by Crippen LogP contribution is -1.86. The molecule has 0 bridgehead atoms. The molecule has 3 N–H and O–H groups in total. The van der Waals surface area contributed by atoms with Gasteiger partial charge in [0.05, 0.1) is 6.20 Å². The monoisotopic (exact) mass is 253 g/mol. The summed E-state index contributed by atoms with van der Waals surface area (Å²) in [5.41, 5.74) is 2.85. The van der Waals surface area contributed by atoms with E-state index >= 15 is 0 Å². The lowest BCUT2D eigenvalue weighted by atomic mass is 9.97. The van der Waals surface area contributed by atoms with Gasteiger partial charge in [0, 0.05) is 11.1 Å². The maximum atomic E-state index is 9.96. The molecular formula is C14H11N3O2. The summed E-state index contributed by atoms with van der Waals surface area (Å²) in [6.07, 6.45) is 1.61. The molecule has 3 rings (SSSR count). The van der Waals surface area contributed by atoms with Crippen molar-refractivity contribution in [1.82, 2.24) is 15.4 Å². The van der Waals surface area contributed by atoms with Crippen molar-refractivity contribution >= 4 is 0 Å². The van der Waals surface area contributed by atoms with Gasteiger partial charge in [-0.2, -0.15) is 15.4 Å². The molecule has 0 aliphatic carbocycles. The SMILES string of the molecule is Oc1ccc(O)c(-c2ccccc2-c2cn[nH]n2)c1. The van der Waals surface area contributed by atoms with E-state index in [0.29, 0.717) is 11.3 Å². The van der Waals surface area contributed by atoms with Gasteiger partial charge in [-0.1, -0.05) is 24.3 Å². The van der Waals surface area contributed by atoms with Crippen LogP contribution in [0.1, 0.15) is 0 Å². The number of hydrogen-bond acceptors (Lipinski definition) is 4. The van der Waals surface area contributed by atoms with Crippen LogP contribution in [0, 0.1) is 0 Å². The molecule has 2 aromatic carbocycles. The Morgan fingerprint density at radius 3 is 2.42 bits per heavy atom. The van der Waals surface area contributed by atoms with E-state index in [2.05, 4.69) is 15.4 Å². The zero-order valence-corrected chi connectivity index (χ0v) is 9.91. The highest BCUT2D eigenvalue weighted by molar-refractivity contribution is 5.84. The maximum absolute atomic E-state index is 9.96. The summed E-state index contributed by atoms with van der Waals surface area (Å²) in [7, 11) is 0. The fraction of sp³-hybridized carbons (Fsp3) is 0. The van der Waals surface area contributed by atoms with Crippen molar-refractivity contribution in [3.05, 3.63) is 48.7 Å². The molecule has 5 nitrogen and oxygen atoms in total. The Labute approximate surface area is 109 Å². The molecule has 0 amide bonds. The van der Waals surface area contributed by atoms with E-state index in [-0.39, 0.29) is 11.5 Å². The van der Waals surface area contributed by atoms with E-state index in [9.17, 15) is 10.2 Å². The lowest BCUT2D eigenvalue weighted by Gasteiger charge is -2.09. The third kappa shape index (κ3) is 2.01. The van der Waals surface area contributed by atoms with Crippen LogP contribution in [-0.2, 0) is 0 Å². The number of aromatic nitrogens is 3. The van der Waals surface area contributed by atoms with Crippen molar-refractivity contribution in [3.8, 4) is 33.9 Å². The second kappa shape index (κ2) is 4.45. The van der Waals surface area contributed by atoms with Gasteiger partial charge in [0.25, 0.3) is 0 Å². The molecular weight excluding hydrogens is 242 g/mol. The van der Waals surface area contributed by atoms with Crippen LogP contribution < -0.4 is 0 Å². The minimum absolute atomic E-state index is 0.0998. The van der Waals surface area contributed by atoms with Crippen molar-refractivity contribution in [2.24, 2.45) is 0 Å². The van der Waals surface area contributed by atoms with E-state index in [1.807, 2.05) is 24.3 Å². The first kappa shape index (κ1) is 11.3. The minimum Gasteiger partial charge on any atom is -0.508 e. The zero-order chi connectivity index (χ0) is 13.2. The number of aromatic amines is 1. The van der Waals surface area contributed by atoms with E-state index in [1.165, 1.54) is 18.2 Å². The summed E-state index contributed by atoms with van der Waals surface area (Å²) < 4.78 is 0. The molecule has 0 radical (unpaired) electrons. The van der Waals surface area contributed by atoms with Crippen LogP contribution in [0.5, 0.6) is 11.5 Å². The molecule has 1 heterocycles. The molecule has 19 heavy (non-hydrogen) atoms. The van der Waals surface area contributed by atoms with Gasteiger partial charge in [0.15, 0.2) is 0 Å². The summed E-state index contributed by atoms with van der Waals surface area (Å²) >= 11 is 0. The van der Waals surface area contributed by atoms with E-state index in [4.69, 9.17) is 0 Å². The Balaban J connectivity index is 2.23. The van der Waals surface area contributed by atoms with Gasteiger partial charge in [-0.05, 0) is 23.8 Å². The van der Waals surface area contributed by atoms with Crippen LogP contribution in [0.2, 0.25) is 0 Å². The second-order valence-corrected chi connectivity index (χ2v) is 4.10. The van der Waals surface area contributed by atoms with Crippen molar-refractivity contribution in [2.45, 2.75) is 0 Å². The molecule has 3 aromatic rings. The smallest absolute Gasteiger partial charge is 0.123 e. The number of hydrogen-bond donors (Lipinski definition) is 3. The topological polar surface area (TPSA) is 82.0 Å². The van der Waals surface area contributed by atoms with E-state index < -0.39 is 0 Å². The summed E-state index contributed by atoms with van der Waals surface area (Å²) in [5.74, 6) is 0.205. The van der Waals surface area contributed by atoms with Crippen molar-refractivity contribution < 1.29 is 10.2 Å².